The number of benzene rings is 1. The molecular weight excluding hydrogens is 417 g/mol. The lowest BCUT2D eigenvalue weighted by atomic mass is 9.76. The summed E-state index contributed by atoms with van der Waals surface area (Å²) in [6, 6.07) is 11.0. The first kappa shape index (κ1) is 26.7. The van der Waals surface area contributed by atoms with Crippen molar-refractivity contribution in [2.75, 3.05) is 0 Å². The van der Waals surface area contributed by atoms with E-state index < -0.39 is 5.83 Å². The Hall–Kier alpha value is -1.88. The van der Waals surface area contributed by atoms with Gasteiger partial charge < -0.3 is 0 Å². The van der Waals surface area contributed by atoms with Crippen LogP contribution in [0.5, 0.6) is 0 Å². The van der Waals surface area contributed by atoms with Gasteiger partial charge in [-0.15, -0.1) is 0 Å². The van der Waals surface area contributed by atoms with Gasteiger partial charge in [0.25, 0.3) is 0 Å². The van der Waals surface area contributed by atoms with Crippen molar-refractivity contribution >= 4 is 0 Å². The zero-order valence-electron chi connectivity index (χ0n) is 21.5. The molecule has 2 fully saturated rings. The van der Waals surface area contributed by atoms with Crippen molar-refractivity contribution in [3.05, 3.63) is 59.4 Å². The molecule has 2 heteroatoms. The van der Waals surface area contributed by atoms with Crippen LogP contribution in [0.3, 0.4) is 0 Å². The lowest BCUT2D eigenvalue weighted by molar-refractivity contribution is 0.244. The lowest BCUT2D eigenvalue weighted by Crippen LogP contribution is -2.15. The maximum atomic E-state index is 12.7. The molecule has 0 unspecified atom stereocenters. The summed E-state index contributed by atoms with van der Waals surface area (Å²) in [5.74, 6) is 2.84. The highest BCUT2D eigenvalue weighted by atomic mass is 19.1. The highest BCUT2D eigenvalue weighted by Gasteiger charge is 2.23. The summed E-state index contributed by atoms with van der Waals surface area (Å²) in [5.41, 5.74) is 3.07. The Morgan fingerprint density at radius 1 is 0.882 bits per heavy atom. The van der Waals surface area contributed by atoms with E-state index >= 15 is 0 Å². The van der Waals surface area contributed by atoms with Gasteiger partial charge in [0, 0.05) is 0 Å². The number of rotatable bonds is 12. The van der Waals surface area contributed by atoms with Crippen molar-refractivity contribution in [2.45, 2.75) is 116 Å². The van der Waals surface area contributed by atoms with Crippen LogP contribution in [0, 0.1) is 29.1 Å². The second-order valence-electron chi connectivity index (χ2n) is 11.0. The molecule has 0 bridgehead atoms. The van der Waals surface area contributed by atoms with Gasteiger partial charge in [0.2, 0.25) is 0 Å². The normalized spacial score (nSPS) is 26.0. The third kappa shape index (κ3) is 9.40. The van der Waals surface area contributed by atoms with Crippen LogP contribution in [-0.2, 0) is 6.42 Å². The standard InChI is InChI=1S/C32H46FN/c1-2-8-26-17-21-30(22-18-26)31-23-19-29(20-24-31)11-7-6-10-28-15-13-27(14-16-28)9-4-3-5-12-32(33)25-34/h3,5,12,17-18,21-22,27-29,31H,2,4,6-11,13-16,19-20,23-24H2,1H3/b5-3+,32-12-. The van der Waals surface area contributed by atoms with Crippen molar-refractivity contribution in [1.82, 2.24) is 0 Å². The number of hydrogen-bond acceptors (Lipinski definition) is 1. The van der Waals surface area contributed by atoms with Crippen molar-refractivity contribution in [3.8, 4) is 6.07 Å². The zero-order chi connectivity index (χ0) is 24.0. The molecule has 0 saturated heterocycles. The fourth-order valence-electron chi connectivity index (χ4n) is 6.32. The summed E-state index contributed by atoms with van der Waals surface area (Å²) in [7, 11) is 0. The summed E-state index contributed by atoms with van der Waals surface area (Å²) in [6.07, 6.45) is 26.5. The van der Waals surface area contributed by atoms with Crippen molar-refractivity contribution < 1.29 is 4.39 Å². The molecule has 3 rings (SSSR count). The summed E-state index contributed by atoms with van der Waals surface area (Å²) in [6.45, 7) is 2.26. The third-order valence-electron chi connectivity index (χ3n) is 8.50. The molecule has 0 aliphatic heterocycles. The van der Waals surface area contributed by atoms with E-state index in [9.17, 15) is 4.39 Å². The number of nitrogens with zero attached hydrogens (tertiary/aromatic N) is 1. The van der Waals surface area contributed by atoms with Crippen LogP contribution in [0.1, 0.15) is 120 Å². The largest absolute Gasteiger partial charge is 0.199 e. The topological polar surface area (TPSA) is 23.8 Å². The molecule has 1 aromatic rings. The minimum absolute atomic E-state index is 0.711. The van der Waals surface area contributed by atoms with Crippen LogP contribution in [0.25, 0.3) is 0 Å². The first-order valence-electron chi connectivity index (χ1n) is 14.2. The first-order chi connectivity index (χ1) is 16.7. The first-order valence-corrected chi connectivity index (χ1v) is 14.2. The van der Waals surface area contributed by atoms with Gasteiger partial charge in [-0.25, -0.2) is 0 Å². The van der Waals surface area contributed by atoms with Crippen LogP contribution >= 0.6 is 0 Å². The van der Waals surface area contributed by atoms with Gasteiger partial charge in [0.15, 0.2) is 5.83 Å². The van der Waals surface area contributed by atoms with Crippen LogP contribution in [0.15, 0.2) is 48.3 Å². The van der Waals surface area contributed by atoms with Crippen molar-refractivity contribution in [2.24, 2.45) is 17.8 Å². The van der Waals surface area contributed by atoms with E-state index in [1.54, 1.807) is 11.6 Å². The molecule has 186 valence electrons. The molecule has 0 amide bonds. The van der Waals surface area contributed by atoms with Crippen LogP contribution in [0.4, 0.5) is 4.39 Å². The summed E-state index contributed by atoms with van der Waals surface area (Å²) in [5, 5.41) is 8.41. The van der Waals surface area contributed by atoms with E-state index in [2.05, 4.69) is 31.2 Å². The Labute approximate surface area is 208 Å². The second-order valence-corrected chi connectivity index (χ2v) is 11.0. The summed E-state index contributed by atoms with van der Waals surface area (Å²) >= 11 is 0. The molecule has 0 heterocycles. The van der Waals surface area contributed by atoms with E-state index in [1.807, 2.05) is 6.08 Å². The fourth-order valence-corrected chi connectivity index (χ4v) is 6.32. The van der Waals surface area contributed by atoms with Crippen LogP contribution < -0.4 is 0 Å². The molecule has 0 atom stereocenters. The average Bonchev–Trinajstić information content (AvgIpc) is 2.88. The van der Waals surface area contributed by atoms with E-state index in [4.69, 9.17) is 5.26 Å². The number of aryl methyl sites for hydroxylation is 1. The van der Waals surface area contributed by atoms with Gasteiger partial charge in [-0.1, -0.05) is 101 Å². The van der Waals surface area contributed by atoms with Crippen LogP contribution in [-0.4, -0.2) is 0 Å². The Balaban J connectivity index is 1.22. The highest BCUT2D eigenvalue weighted by molar-refractivity contribution is 5.26. The molecule has 34 heavy (non-hydrogen) atoms. The van der Waals surface area contributed by atoms with E-state index in [-0.39, 0.29) is 0 Å². The van der Waals surface area contributed by atoms with E-state index in [0.717, 1.165) is 30.1 Å². The molecule has 1 aromatic carbocycles. The number of allylic oxidation sites excluding steroid dienone is 4. The number of halogens is 1. The Morgan fingerprint density at radius 3 is 2.00 bits per heavy atom. The number of nitriles is 1. The van der Waals surface area contributed by atoms with Crippen molar-refractivity contribution in [3.63, 3.8) is 0 Å². The molecule has 2 saturated carbocycles. The van der Waals surface area contributed by atoms with Gasteiger partial charge in [0.1, 0.15) is 6.07 Å². The number of hydrogen-bond donors (Lipinski definition) is 0. The molecular formula is C32H46FN. The smallest absolute Gasteiger partial charge is 0.195 e. The van der Waals surface area contributed by atoms with Gasteiger partial charge in [0.05, 0.1) is 0 Å². The Bertz CT molecular complexity index is 783. The summed E-state index contributed by atoms with van der Waals surface area (Å²) < 4.78 is 12.7. The molecule has 0 spiro atoms. The zero-order valence-corrected chi connectivity index (χ0v) is 21.5. The predicted octanol–water partition coefficient (Wildman–Crippen LogP) is 9.99. The molecule has 2 aliphatic rings. The lowest BCUT2D eigenvalue weighted by Gasteiger charge is -2.30. The third-order valence-corrected chi connectivity index (χ3v) is 8.50. The minimum Gasteiger partial charge on any atom is -0.195 e. The Kier molecular flexibility index (Phi) is 11.9. The number of unbranched alkanes of at least 4 members (excludes halogenated alkanes) is 1. The molecule has 0 aromatic heterocycles. The van der Waals surface area contributed by atoms with Gasteiger partial charge >= 0.3 is 0 Å². The monoisotopic (exact) mass is 463 g/mol. The van der Waals surface area contributed by atoms with Crippen molar-refractivity contribution in [1.29, 1.82) is 5.26 Å². The molecule has 0 radical (unpaired) electrons. The highest BCUT2D eigenvalue weighted by Crippen LogP contribution is 2.39. The Morgan fingerprint density at radius 2 is 1.44 bits per heavy atom. The fraction of sp³-hybridized carbons (Fsp3) is 0.656. The van der Waals surface area contributed by atoms with Gasteiger partial charge in [-0.05, 0) is 85.8 Å². The van der Waals surface area contributed by atoms with Crippen LogP contribution in [0.2, 0.25) is 0 Å². The van der Waals surface area contributed by atoms with E-state index in [0.29, 0.717) is 0 Å². The average molecular weight is 464 g/mol. The maximum absolute atomic E-state index is 12.7. The SMILES string of the molecule is CCCc1ccc(C2CCC(CCCCC3CCC(CC/C=C/C=C(\F)C#N)CC3)CC2)cc1. The van der Waals surface area contributed by atoms with E-state index in [1.165, 1.54) is 114 Å². The maximum Gasteiger partial charge on any atom is 0.199 e. The van der Waals surface area contributed by atoms with Gasteiger partial charge in [-0.3, -0.25) is 0 Å². The molecule has 1 nitrogen and oxygen atoms in total. The minimum atomic E-state index is -0.711. The van der Waals surface area contributed by atoms with Gasteiger partial charge in [-0.2, -0.15) is 9.65 Å². The molecule has 2 aliphatic carbocycles. The summed E-state index contributed by atoms with van der Waals surface area (Å²) in [4.78, 5) is 0. The predicted molar refractivity (Wildman–Crippen MR) is 142 cm³/mol. The molecule has 0 N–H and O–H groups in total. The second kappa shape index (κ2) is 15.2. The quantitative estimate of drug-likeness (QED) is 0.172.